The van der Waals surface area contributed by atoms with Crippen LogP contribution in [0.3, 0.4) is 0 Å². The highest BCUT2D eigenvalue weighted by atomic mass is 16.7. The van der Waals surface area contributed by atoms with Gasteiger partial charge in [-0.05, 0) is 11.1 Å². The molecule has 8 heteroatoms. The first kappa shape index (κ1) is 16.2. The van der Waals surface area contributed by atoms with Crippen LogP contribution in [0.5, 0.6) is 0 Å². The van der Waals surface area contributed by atoms with Gasteiger partial charge in [0.05, 0.1) is 12.7 Å². The Bertz CT molecular complexity index is 565. The van der Waals surface area contributed by atoms with E-state index in [0.717, 1.165) is 5.56 Å². The van der Waals surface area contributed by atoms with Crippen LogP contribution in [0.1, 0.15) is 5.56 Å². The number of fused-ring (bicyclic) bond motifs is 1. The number of hydrogen-bond acceptors (Lipinski definition) is 6. The van der Waals surface area contributed by atoms with E-state index in [1.807, 2.05) is 30.3 Å². The minimum absolute atomic E-state index is 0.280. The van der Waals surface area contributed by atoms with Gasteiger partial charge >= 0.3 is 0 Å². The number of ether oxygens (including phenoxy) is 4. The lowest BCUT2D eigenvalue weighted by Gasteiger charge is -2.46. The summed E-state index contributed by atoms with van der Waals surface area (Å²) >= 11 is 0. The molecule has 8 nitrogen and oxygen atoms in total. The first-order valence-corrected chi connectivity index (χ1v) is 7.44. The molecule has 0 unspecified atom stereocenters. The van der Waals surface area contributed by atoms with E-state index in [1.54, 1.807) is 0 Å². The van der Waals surface area contributed by atoms with E-state index in [9.17, 15) is 5.11 Å². The number of aliphatic hydroxyl groups excluding tert-OH is 1. The van der Waals surface area contributed by atoms with Gasteiger partial charge in [-0.25, -0.2) is 0 Å². The summed E-state index contributed by atoms with van der Waals surface area (Å²) in [6, 6.07) is 8.94. The number of nitrogens with zero attached hydrogens (tertiary/aromatic N) is 3. The average Bonchev–Trinajstić information content (AvgIpc) is 2.58. The van der Waals surface area contributed by atoms with Gasteiger partial charge in [0, 0.05) is 18.4 Å². The molecular weight excluding hydrogens is 302 g/mol. The fraction of sp³-hybridized carbons (Fsp3) is 0.600. The summed E-state index contributed by atoms with van der Waals surface area (Å²) in [7, 11) is 1.43. The first-order chi connectivity index (χ1) is 11.2. The van der Waals surface area contributed by atoms with Crippen molar-refractivity contribution in [3.05, 3.63) is 46.3 Å². The molecule has 124 valence electrons. The molecule has 0 aliphatic carbocycles. The van der Waals surface area contributed by atoms with Crippen molar-refractivity contribution < 1.29 is 24.1 Å². The number of rotatable bonds is 4. The minimum atomic E-state index is -1.02. The SMILES string of the molecule is CO[C@H]1O[C@H]2CO[C@H](Cc3ccccc3)O[C@H]2[C@@H](O)[C@H]1N=[N+]=[N-]. The molecule has 2 saturated heterocycles. The van der Waals surface area contributed by atoms with E-state index >= 15 is 0 Å². The average molecular weight is 321 g/mol. The summed E-state index contributed by atoms with van der Waals surface area (Å²) in [4.78, 5) is 2.75. The van der Waals surface area contributed by atoms with Crippen LogP contribution in [0.15, 0.2) is 35.4 Å². The van der Waals surface area contributed by atoms with Gasteiger partial charge < -0.3 is 24.1 Å². The van der Waals surface area contributed by atoms with Crippen molar-refractivity contribution in [3.63, 3.8) is 0 Å². The van der Waals surface area contributed by atoms with Crippen molar-refractivity contribution >= 4 is 0 Å². The molecule has 0 amide bonds. The van der Waals surface area contributed by atoms with Gasteiger partial charge in [-0.15, -0.1) is 0 Å². The topological polar surface area (TPSA) is 106 Å². The third-order valence-electron chi connectivity index (χ3n) is 4.06. The molecule has 2 fully saturated rings. The minimum Gasteiger partial charge on any atom is -0.390 e. The molecule has 0 saturated carbocycles. The number of hydrogen-bond donors (Lipinski definition) is 1. The lowest BCUT2D eigenvalue weighted by atomic mass is 9.96. The predicted octanol–water partition coefficient (Wildman–Crippen LogP) is 1.38. The Kier molecular flexibility index (Phi) is 5.12. The van der Waals surface area contributed by atoms with E-state index in [2.05, 4.69) is 10.0 Å². The molecule has 3 rings (SSSR count). The summed E-state index contributed by atoms with van der Waals surface area (Å²) in [5.74, 6) is 0. The van der Waals surface area contributed by atoms with Gasteiger partial charge in [-0.2, -0.15) is 0 Å². The highest BCUT2D eigenvalue weighted by Crippen LogP contribution is 2.31. The fourth-order valence-corrected chi connectivity index (χ4v) is 2.92. The summed E-state index contributed by atoms with van der Waals surface area (Å²) in [5.41, 5.74) is 9.74. The zero-order valence-corrected chi connectivity index (χ0v) is 12.7. The van der Waals surface area contributed by atoms with Crippen molar-refractivity contribution in [1.29, 1.82) is 0 Å². The van der Waals surface area contributed by atoms with Gasteiger partial charge in [0.25, 0.3) is 0 Å². The maximum atomic E-state index is 10.5. The van der Waals surface area contributed by atoms with Crippen molar-refractivity contribution in [2.75, 3.05) is 13.7 Å². The Labute approximate surface area is 133 Å². The van der Waals surface area contributed by atoms with E-state index < -0.39 is 36.9 Å². The van der Waals surface area contributed by atoms with Crippen LogP contribution in [-0.2, 0) is 25.4 Å². The highest BCUT2D eigenvalue weighted by Gasteiger charge is 2.49. The maximum Gasteiger partial charge on any atom is 0.168 e. The molecule has 2 aliphatic heterocycles. The van der Waals surface area contributed by atoms with Gasteiger partial charge in [0.1, 0.15) is 18.2 Å². The van der Waals surface area contributed by atoms with E-state index in [4.69, 9.17) is 24.5 Å². The molecule has 0 bridgehead atoms. The van der Waals surface area contributed by atoms with Crippen LogP contribution in [0, 0.1) is 0 Å². The summed E-state index contributed by atoms with van der Waals surface area (Å²) in [6.45, 7) is 0.280. The van der Waals surface area contributed by atoms with Crippen molar-refractivity contribution in [3.8, 4) is 0 Å². The molecule has 23 heavy (non-hydrogen) atoms. The van der Waals surface area contributed by atoms with E-state index in [-0.39, 0.29) is 6.61 Å². The molecule has 1 aromatic carbocycles. The number of azide groups is 1. The molecule has 0 aromatic heterocycles. The van der Waals surface area contributed by atoms with Gasteiger partial charge in [-0.1, -0.05) is 35.4 Å². The Morgan fingerprint density at radius 2 is 2.13 bits per heavy atom. The molecule has 6 atom stereocenters. The monoisotopic (exact) mass is 321 g/mol. The molecule has 1 N–H and O–H groups in total. The third-order valence-corrected chi connectivity index (χ3v) is 4.06. The normalized spacial score (nSPS) is 36.8. The van der Waals surface area contributed by atoms with Crippen LogP contribution >= 0.6 is 0 Å². The second kappa shape index (κ2) is 7.27. The fourth-order valence-electron chi connectivity index (χ4n) is 2.92. The van der Waals surface area contributed by atoms with Crippen molar-refractivity contribution in [2.24, 2.45) is 5.11 Å². The molecule has 1 aromatic rings. The van der Waals surface area contributed by atoms with Crippen molar-refractivity contribution in [2.45, 2.75) is 43.4 Å². The number of methoxy groups -OCH3 is 1. The largest absolute Gasteiger partial charge is 0.390 e. The number of aliphatic hydroxyl groups is 1. The van der Waals surface area contributed by atoms with E-state index in [0.29, 0.717) is 6.42 Å². The Morgan fingerprint density at radius 1 is 1.35 bits per heavy atom. The van der Waals surface area contributed by atoms with Gasteiger partial charge in [-0.3, -0.25) is 0 Å². The van der Waals surface area contributed by atoms with Crippen LogP contribution in [0.4, 0.5) is 0 Å². The highest BCUT2D eigenvalue weighted by molar-refractivity contribution is 5.15. The van der Waals surface area contributed by atoms with Crippen LogP contribution in [0.25, 0.3) is 10.4 Å². The smallest absolute Gasteiger partial charge is 0.168 e. The summed E-state index contributed by atoms with van der Waals surface area (Å²) in [6.07, 6.45) is -2.84. The standard InChI is InChI=1S/C15H19N3O5/c1-20-15-12(17-18-16)13(19)14-10(22-15)8-21-11(23-14)7-9-5-3-2-4-6-9/h2-6,10-15,19H,7-8H2,1H3/t10-,11-,12+,13-,14+,15-/m0/s1. The lowest BCUT2D eigenvalue weighted by molar-refractivity contribution is -0.335. The lowest BCUT2D eigenvalue weighted by Crippen LogP contribution is -2.62. The maximum absolute atomic E-state index is 10.5. The predicted molar refractivity (Wildman–Crippen MR) is 79.4 cm³/mol. The van der Waals surface area contributed by atoms with Crippen LogP contribution in [0.2, 0.25) is 0 Å². The molecule has 0 radical (unpaired) electrons. The Balaban J connectivity index is 1.70. The molecule has 0 spiro atoms. The third kappa shape index (κ3) is 3.48. The van der Waals surface area contributed by atoms with Crippen LogP contribution < -0.4 is 0 Å². The Hall–Kier alpha value is -1.67. The van der Waals surface area contributed by atoms with E-state index in [1.165, 1.54) is 7.11 Å². The number of benzene rings is 1. The second-order valence-corrected chi connectivity index (χ2v) is 5.52. The second-order valence-electron chi connectivity index (χ2n) is 5.52. The Morgan fingerprint density at radius 3 is 2.83 bits per heavy atom. The van der Waals surface area contributed by atoms with Gasteiger partial charge in [0.15, 0.2) is 12.6 Å². The zero-order chi connectivity index (χ0) is 16.2. The first-order valence-electron chi connectivity index (χ1n) is 7.44. The quantitative estimate of drug-likeness (QED) is 0.512. The van der Waals surface area contributed by atoms with Crippen LogP contribution in [-0.4, -0.2) is 55.8 Å². The summed E-state index contributed by atoms with van der Waals surface area (Å²) < 4.78 is 22.3. The van der Waals surface area contributed by atoms with Gasteiger partial charge in [0.2, 0.25) is 0 Å². The molecule has 2 aliphatic rings. The zero-order valence-electron chi connectivity index (χ0n) is 12.7. The molecular formula is C15H19N3O5. The molecule has 2 heterocycles. The summed E-state index contributed by atoms with van der Waals surface area (Å²) in [5, 5.41) is 14.1. The van der Waals surface area contributed by atoms with Crippen molar-refractivity contribution in [1.82, 2.24) is 0 Å².